The van der Waals surface area contributed by atoms with E-state index in [1.807, 2.05) is 0 Å². The number of rotatable bonds is 5. The number of benzene rings is 1. The zero-order valence-corrected chi connectivity index (χ0v) is 10.2. The maximum absolute atomic E-state index is 12.7. The predicted octanol–water partition coefficient (Wildman–Crippen LogP) is 1.51. The first-order valence-electron chi connectivity index (χ1n) is 5.49. The third-order valence-corrected chi connectivity index (χ3v) is 4.28. The Labute approximate surface area is 104 Å². The van der Waals surface area contributed by atoms with Crippen molar-refractivity contribution >= 4 is 17.7 Å². The molecule has 1 fully saturated rings. The van der Waals surface area contributed by atoms with E-state index in [-0.39, 0.29) is 11.7 Å². The minimum Gasteiger partial charge on any atom is -0.368 e. The van der Waals surface area contributed by atoms with E-state index >= 15 is 0 Å². The molecule has 1 aromatic carbocycles. The van der Waals surface area contributed by atoms with Gasteiger partial charge in [0.05, 0.1) is 0 Å². The zero-order valence-electron chi connectivity index (χ0n) is 9.36. The van der Waals surface area contributed by atoms with Gasteiger partial charge < -0.3 is 11.5 Å². The van der Waals surface area contributed by atoms with Crippen LogP contribution in [0.25, 0.3) is 0 Å². The summed E-state index contributed by atoms with van der Waals surface area (Å²) in [7, 11) is 0. The van der Waals surface area contributed by atoms with Crippen molar-refractivity contribution in [3.05, 3.63) is 30.1 Å². The lowest BCUT2D eigenvalue weighted by molar-refractivity contribution is -0.123. The molecule has 1 aliphatic rings. The van der Waals surface area contributed by atoms with Crippen molar-refractivity contribution < 1.29 is 9.18 Å². The van der Waals surface area contributed by atoms with Crippen LogP contribution in [0.4, 0.5) is 4.39 Å². The Hall–Kier alpha value is -1.07. The van der Waals surface area contributed by atoms with E-state index in [0.717, 1.165) is 17.7 Å². The Bertz CT molecular complexity index is 419. The van der Waals surface area contributed by atoms with E-state index in [0.29, 0.717) is 5.75 Å². The molecule has 1 atom stereocenters. The second kappa shape index (κ2) is 4.66. The SMILES string of the molecule is NC(=O)C(N)(CSc1ccc(F)cc1)C1CC1. The van der Waals surface area contributed by atoms with Crippen LogP contribution in [0.2, 0.25) is 0 Å². The molecule has 0 aromatic heterocycles. The average molecular weight is 254 g/mol. The van der Waals surface area contributed by atoms with Crippen LogP contribution in [0.15, 0.2) is 29.2 Å². The Morgan fingerprint density at radius 2 is 2.00 bits per heavy atom. The Morgan fingerprint density at radius 3 is 2.47 bits per heavy atom. The van der Waals surface area contributed by atoms with Gasteiger partial charge in [0.15, 0.2) is 0 Å². The minimum absolute atomic E-state index is 0.202. The van der Waals surface area contributed by atoms with Crippen LogP contribution >= 0.6 is 11.8 Å². The molecule has 1 aliphatic carbocycles. The molecule has 4 N–H and O–H groups in total. The fourth-order valence-electron chi connectivity index (χ4n) is 1.72. The molecule has 1 aromatic rings. The van der Waals surface area contributed by atoms with Crippen molar-refractivity contribution in [1.82, 2.24) is 0 Å². The van der Waals surface area contributed by atoms with Gasteiger partial charge in [-0.2, -0.15) is 0 Å². The first kappa shape index (κ1) is 12.4. The molecule has 0 spiro atoms. The summed E-state index contributed by atoms with van der Waals surface area (Å²) in [6.45, 7) is 0. The highest BCUT2D eigenvalue weighted by Crippen LogP contribution is 2.40. The first-order chi connectivity index (χ1) is 8.02. The standard InChI is InChI=1S/C12H15FN2OS/c13-9-3-5-10(6-4-9)17-7-12(15,11(14)16)8-1-2-8/h3-6,8H,1-2,7,15H2,(H2,14,16). The molecule has 17 heavy (non-hydrogen) atoms. The van der Waals surface area contributed by atoms with Gasteiger partial charge in [-0.1, -0.05) is 0 Å². The van der Waals surface area contributed by atoms with Crippen molar-refractivity contribution in [3.8, 4) is 0 Å². The fraction of sp³-hybridized carbons (Fsp3) is 0.417. The molecule has 0 bridgehead atoms. The highest BCUT2D eigenvalue weighted by Gasteiger charge is 2.46. The number of nitrogens with two attached hydrogens (primary N) is 2. The second-order valence-electron chi connectivity index (χ2n) is 4.42. The van der Waals surface area contributed by atoms with E-state index in [1.165, 1.54) is 23.9 Å². The van der Waals surface area contributed by atoms with E-state index in [1.54, 1.807) is 12.1 Å². The highest BCUT2D eigenvalue weighted by atomic mass is 32.2. The van der Waals surface area contributed by atoms with Gasteiger partial charge in [0, 0.05) is 10.6 Å². The minimum atomic E-state index is -0.931. The molecular formula is C12H15FN2OS. The van der Waals surface area contributed by atoms with Crippen molar-refractivity contribution in [1.29, 1.82) is 0 Å². The number of halogens is 1. The largest absolute Gasteiger partial charge is 0.368 e. The van der Waals surface area contributed by atoms with Crippen molar-refractivity contribution in [3.63, 3.8) is 0 Å². The summed E-state index contributed by atoms with van der Waals surface area (Å²) in [5.41, 5.74) is 10.5. The molecule has 0 radical (unpaired) electrons. The molecule has 1 unspecified atom stereocenters. The summed E-state index contributed by atoms with van der Waals surface area (Å²) in [5.74, 6) is -0.0773. The third kappa shape index (κ3) is 2.79. The summed E-state index contributed by atoms with van der Waals surface area (Å²) in [4.78, 5) is 12.3. The first-order valence-corrected chi connectivity index (χ1v) is 6.48. The number of thioether (sulfide) groups is 1. The summed E-state index contributed by atoms with van der Waals surface area (Å²) in [6, 6.07) is 6.13. The number of hydrogen-bond donors (Lipinski definition) is 2. The normalized spacial score (nSPS) is 18.7. The van der Waals surface area contributed by atoms with Crippen LogP contribution in [0, 0.1) is 11.7 Å². The maximum Gasteiger partial charge on any atom is 0.238 e. The summed E-state index contributed by atoms with van der Waals surface area (Å²) in [6.07, 6.45) is 1.92. The van der Waals surface area contributed by atoms with Crippen molar-refractivity contribution in [2.24, 2.45) is 17.4 Å². The Kier molecular flexibility index (Phi) is 3.40. The third-order valence-electron chi connectivity index (χ3n) is 3.06. The number of hydrogen-bond acceptors (Lipinski definition) is 3. The smallest absolute Gasteiger partial charge is 0.238 e. The Morgan fingerprint density at radius 1 is 1.41 bits per heavy atom. The Balaban J connectivity index is 2.00. The van der Waals surface area contributed by atoms with Crippen molar-refractivity contribution in [2.75, 3.05) is 5.75 Å². The lowest BCUT2D eigenvalue weighted by Gasteiger charge is -2.25. The molecular weight excluding hydrogens is 239 g/mol. The van der Waals surface area contributed by atoms with Crippen LogP contribution in [0.5, 0.6) is 0 Å². The van der Waals surface area contributed by atoms with Gasteiger partial charge in [-0.15, -0.1) is 11.8 Å². The van der Waals surface area contributed by atoms with Gasteiger partial charge in [0.1, 0.15) is 11.4 Å². The molecule has 92 valence electrons. The molecule has 1 saturated carbocycles. The van der Waals surface area contributed by atoms with Crippen LogP contribution in [0.1, 0.15) is 12.8 Å². The van der Waals surface area contributed by atoms with Gasteiger partial charge in [-0.3, -0.25) is 4.79 Å². The fourth-order valence-corrected chi connectivity index (χ4v) is 2.83. The van der Waals surface area contributed by atoms with E-state index in [4.69, 9.17) is 11.5 Å². The lowest BCUT2D eigenvalue weighted by Crippen LogP contribution is -2.56. The molecule has 2 rings (SSSR count). The van der Waals surface area contributed by atoms with Crippen LogP contribution in [-0.4, -0.2) is 17.2 Å². The molecule has 5 heteroatoms. The van der Waals surface area contributed by atoms with Gasteiger partial charge in [-0.05, 0) is 43.0 Å². The van der Waals surface area contributed by atoms with Gasteiger partial charge >= 0.3 is 0 Å². The average Bonchev–Trinajstić information content (AvgIpc) is 3.11. The second-order valence-corrected chi connectivity index (χ2v) is 5.47. The van der Waals surface area contributed by atoms with E-state index in [2.05, 4.69) is 0 Å². The molecule has 0 heterocycles. The van der Waals surface area contributed by atoms with Crippen molar-refractivity contribution in [2.45, 2.75) is 23.3 Å². The topological polar surface area (TPSA) is 69.1 Å². The zero-order chi connectivity index (χ0) is 12.5. The number of primary amides is 1. The summed E-state index contributed by atoms with van der Waals surface area (Å²) < 4.78 is 12.7. The maximum atomic E-state index is 12.7. The molecule has 3 nitrogen and oxygen atoms in total. The van der Waals surface area contributed by atoms with Crippen LogP contribution in [-0.2, 0) is 4.79 Å². The molecule has 1 amide bonds. The monoisotopic (exact) mass is 254 g/mol. The van der Waals surface area contributed by atoms with Crippen LogP contribution in [0.3, 0.4) is 0 Å². The van der Waals surface area contributed by atoms with Gasteiger partial charge in [0.2, 0.25) is 5.91 Å². The van der Waals surface area contributed by atoms with E-state index in [9.17, 15) is 9.18 Å². The molecule has 0 aliphatic heterocycles. The van der Waals surface area contributed by atoms with Gasteiger partial charge in [0.25, 0.3) is 0 Å². The lowest BCUT2D eigenvalue weighted by atomic mass is 9.96. The quantitative estimate of drug-likeness (QED) is 0.783. The predicted molar refractivity (Wildman–Crippen MR) is 66.0 cm³/mol. The highest BCUT2D eigenvalue weighted by molar-refractivity contribution is 7.99. The summed E-state index contributed by atoms with van der Waals surface area (Å²) in [5, 5.41) is 0. The number of carbonyl (C=O) groups excluding carboxylic acids is 1. The van der Waals surface area contributed by atoms with Crippen LogP contribution < -0.4 is 11.5 Å². The summed E-state index contributed by atoms with van der Waals surface area (Å²) >= 11 is 1.44. The number of amides is 1. The van der Waals surface area contributed by atoms with E-state index < -0.39 is 11.4 Å². The molecule has 0 saturated heterocycles. The van der Waals surface area contributed by atoms with Gasteiger partial charge in [-0.25, -0.2) is 4.39 Å². The number of carbonyl (C=O) groups is 1.